The number of benzene rings is 3. The van der Waals surface area contributed by atoms with Gasteiger partial charge < -0.3 is 9.64 Å². The summed E-state index contributed by atoms with van der Waals surface area (Å²) in [6.45, 7) is 4.74. The van der Waals surface area contributed by atoms with Gasteiger partial charge in [0.15, 0.2) is 6.10 Å². The lowest BCUT2D eigenvalue weighted by Gasteiger charge is -2.40. The number of amides is 1. The van der Waals surface area contributed by atoms with Crippen molar-refractivity contribution in [1.29, 1.82) is 0 Å². The van der Waals surface area contributed by atoms with Crippen LogP contribution in [0.5, 0.6) is 5.75 Å². The van der Waals surface area contributed by atoms with Crippen LogP contribution in [0.25, 0.3) is 0 Å². The van der Waals surface area contributed by atoms with E-state index in [1.165, 1.54) is 11.1 Å². The molecule has 160 valence electrons. The van der Waals surface area contributed by atoms with E-state index >= 15 is 0 Å². The Morgan fingerprint density at radius 2 is 1.32 bits per heavy atom. The summed E-state index contributed by atoms with van der Waals surface area (Å²) in [5, 5.41) is 0.514. The third-order valence-electron chi connectivity index (χ3n) is 5.71. The number of para-hydroxylation sites is 1. The largest absolute Gasteiger partial charge is 0.479 e. The maximum atomic E-state index is 13.0. The Morgan fingerprint density at radius 1 is 0.806 bits per heavy atom. The first-order valence-electron chi connectivity index (χ1n) is 10.7. The number of ether oxygens (including phenoxy) is 1. The molecular formula is C26H27ClN2O2. The molecule has 1 aliphatic rings. The van der Waals surface area contributed by atoms with Gasteiger partial charge >= 0.3 is 0 Å². The second-order valence-electron chi connectivity index (χ2n) is 7.78. The molecule has 3 aromatic carbocycles. The zero-order valence-electron chi connectivity index (χ0n) is 17.7. The molecule has 1 fully saturated rings. The van der Waals surface area contributed by atoms with E-state index in [0.717, 1.165) is 13.1 Å². The fraction of sp³-hybridized carbons (Fsp3) is 0.269. The average Bonchev–Trinajstić information content (AvgIpc) is 2.82. The molecule has 0 bridgehead atoms. The number of halogens is 1. The molecular weight excluding hydrogens is 408 g/mol. The van der Waals surface area contributed by atoms with Crippen LogP contribution < -0.4 is 4.74 Å². The lowest BCUT2D eigenvalue weighted by molar-refractivity contribution is -0.140. The Bertz CT molecular complexity index is 949. The van der Waals surface area contributed by atoms with Crippen molar-refractivity contribution in [2.24, 2.45) is 0 Å². The van der Waals surface area contributed by atoms with Gasteiger partial charge in [-0.1, -0.05) is 84.4 Å². The summed E-state index contributed by atoms with van der Waals surface area (Å²) >= 11 is 6.17. The highest BCUT2D eigenvalue weighted by atomic mass is 35.5. The van der Waals surface area contributed by atoms with E-state index in [0.29, 0.717) is 23.9 Å². The second kappa shape index (κ2) is 9.99. The molecule has 0 aliphatic carbocycles. The fourth-order valence-corrected chi connectivity index (χ4v) is 4.30. The summed E-state index contributed by atoms with van der Waals surface area (Å²) in [5.74, 6) is 0.535. The summed E-state index contributed by atoms with van der Waals surface area (Å²) < 4.78 is 5.84. The van der Waals surface area contributed by atoms with Crippen LogP contribution in [-0.2, 0) is 4.79 Å². The standard InChI is InChI=1S/C26H27ClN2O2/c1-20(31-24-15-9-8-14-23(24)27)26(30)29-18-16-28(17-19-29)25(21-10-4-2-5-11-21)22-12-6-3-7-13-22/h2-15,20,25H,16-19H2,1H3/t20-/m0/s1. The first kappa shape index (κ1) is 21.4. The number of nitrogens with zero attached hydrogens (tertiary/aromatic N) is 2. The zero-order valence-corrected chi connectivity index (χ0v) is 18.4. The molecule has 0 unspecified atom stereocenters. The molecule has 5 heteroatoms. The summed E-state index contributed by atoms with van der Waals surface area (Å²) in [7, 11) is 0. The predicted octanol–water partition coefficient (Wildman–Crippen LogP) is 5.04. The van der Waals surface area contributed by atoms with Crippen LogP contribution in [0.15, 0.2) is 84.9 Å². The molecule has 4 rings (SSSR count). The molecule has 1 aliphatic heterocycles. The van der Waals surface area contributed by atoms with Crippen LogP contribution in [-0.4, -0.2) is 48.0 Å². The molecule has 0 saturated carbocycles. The summed E-state index contributed by atoms with van der Waals surface area (Å²) in [6, 6.07) is 28.5. The van der Waals surface area contributed by atoms with Crippen LogP contribution in [0.4, 0.5) is 0 Å². The summed E-state index contributed by atoms with van der Waals surface area (Å²) in [6.07, 6.45) is -0.578. The van der Waals surface area contributed by atoms with Crippen LogP contribution in [0.3, 0.4) is 0 Å². The highest BCUT2D eigenvalue weighted by molar-refractivity contribution is 6.32. The summed E-state index contributed by atoms with van der Waals surface area (Å²) in [4.78, 5) is 17.3. The van der Waals surface area contributed by atoms with Crippen molar-refractivity contribution in [3.05, 3.63) is 101 Å². The van der Waals surface area contributed by atoms with Crippen molar-refractivity contribution in [1.82, 2.24) is 9.80 Å². The van der Waals surface area contributed by atoms with Crippen LogP contribution >= 0.6 is 11.6 Å². The van der Waals surface area contributed by atoms with Gasteiger partial charge in [-0.15, -0.1) is 0 Å². The normalized spacial score (nSPS) is 15.6. The van der Waals surface area contributed by atoms with Crippen LogP contribution in [0, 0.1) is 0 Å². The highest BCUT2D eigenvalue weighted by Gasteiger charge is 2.30. The van der Waals surface area contributed by atoms with Crippen molar-refractivity contribution < 1.29 is 9.53 Å². The Labute approximate surface area is 189 Å². The number of rotatable bonds is 6. The van der Waals surface area contributed by atoms with Gasteiger partial charge in [0.1, 0.15) is 5.75 Å². The topological polar surface area (TPSA) is 32.8 Å². The lowest BCUT2D eigenvalue weighted by atomic mass is 9.96. The third kappa shape index (κ3) is 5.09. The van der Waals surface area contributed by atoms with Crippen molar-refractivity contribution in [2.45, 2.75) is 19.1 Å². The van der Waals surface area contributed by atoms with E-state index in [-0.39, 0.29) is 11.9 Å². The molecule has 1 amide bonds. The third-order valence-corrected chi connectivity index (χ3v) is 6.02. The Kier molecular flexibility index (Phi) is 6.90. The van der Waals surface area contributed by atoms with Gasteiger partial charge in [-0.3, -0.25) is 9.69 Å². The van der Waals surface area contributed by atoms with Gasteiger partial charge in [0.2, 0.25) is 0 Å². The number of hydrogen-bond acceptors (Lipinski definition) is 3. The van der Waals surface area contributed by atoms with Gasteiger partial charge in [0, 0.05) is 26.2 Å². The van der Waals surface area contributed by atoms with E-state index in [4.69, 9.17) is 16.3 Å². The van der Waals surface area contributed by atoms with Crippen LogP contribution in [0.2, 0.25) is 5.02 Å². The number of piperazine rings is 1. The smallest absolute Gasteiger partial charge is 0.263 e. The van der Waals surface area contributed by atoms with E-state index in [1.807, 2.05) is 29.2 Å². The Balaban J connectivity index is 1.43. The SMILES string of the molecule is C[C@H](Oc1ccccc1Cl)C(=O)N1CCN(C(c2ccccc2)c2ccccc2)CC1. The molecule has 31 heavy (non-hydrogen) atoms. The van der Waals surface area contributed by atoms with Crippen molar-refractivity contribution in [3.63, 3.8) is 0 Å². The molecule has 0 radical (unpaired) electrons. The first-order valence-corrected chi connectivity index (χ1v) is 11.0. The lowest BCUT2D eigenvalue weighted by Crippen LogP contribution is -2.52. The van der Waals surface area contributed by atoms with Gasteiger partial charge in [0.05, 0.1) is 11.1 Å². The Hall–Kier alpha value is -2.82. The van der Waals surface area contributed by atoms with E-state index in [1.54, 1.807) is 19.1 Å². The van der Waals surface area contributed by atoms with E-state index in [9.17, 15) is 4.79 Å². The quantitative estimate of drug-likeness (QED) is 0.544. The van der Waals surface area contributed by atoms with Gasteiger partial charge in [0.25, 0.3) is 5.91 Å². The molecule has 1 atom stereocenters. The first-order chi connectivity index (χ1) is 15.1. The molecule has 0 spiro atoms. The predicted molar refractivity (Wildman–Crippen MR) is 124 cm³/mol. The summed E-state index contributed by atoms with van der Waals surface area (Å²) in [5.41, 5.74) is 2.53. The van der Waals surface area contributed by atoms with Gasteiger partial charge in [-0.05, 0) is 30.2 Å². The molecule has 0 N–H and O–H groups in total. The molecule has 1 heterocycles. The molecule has 4 nitrogen and oxygen atoms in total. The number of carbonyl (C=O) groups is 1. The second-order valence-corrected chi connectivity index (χ2v) is 8.18. The van der Waals surface area contributed by atoms with Crippen molar-refractivity contribution >= 4 is 17.5 Å². The zero-order chi connectivity index (χ0) is 21.6. The average molecular weight is 435 g/mol. The van der Waals surface area contributed by atoms with E-state index in [2.05, 4.69) is 53.4 Å². The number of hydrogen-bond donors (Lipinski definition) is 0. The fourth-order valence-electron chi connectivity index (χ4n) is 4.12. The van der Waals surface area contributed by atoms with E-state index < -0.39 is 6.10 Å². The minimum atomic E-state index is -0.578. The maximum Gasteiger partial charge on any atom is 0.263 e. The molecule has 0 aromatic heterocycles. The maximum absolute atomic E-state index is 13.0. The monoisotopic (exact) mass is 434 g/mol. The van der Waals surface area contributed by atoms with Gasteiger partial charge in [-0.25, -0.2) is 0 Å². The van der Waals surface area contributed by atoms with Crippen molar-refractivity contribution in [2.75, 3.05) is 26.2 Å². The van der Waals surface area contributed by atoms with Gasteiger partial charge in [-0.2, -0.15) is 0 Å². The minimum absolute atomic E-state index is 0.00413. The Morgan fingerprint density at radius 3 is 1.87 bits per heavy atom. The minimum Gasteiger partial charge on any atom is -0.479 e. The number of carbonyl (C=O) groups excluding carboxylic acids is 1. The molecule has 3 aromatic rings. The highest BCUT2D eigenvalue weighted by Crippen LogP contribution is 2.30. The van der Waals surface area contributed by atoms with Crippen LogP contribution in [0.1, 0.15) is 24.1 Å². The molecule has 1 saturated heterocycles. The van der Waals surface area contributed by atoms with Crippen molar-refractivity contribution in [3.8, 4) is 5.75 Å².